The smallest absolute Gasteiger partial charge is 0.125 e. The molecule has 1 aromatic rings. The molecule has 0 heterocycles. The number of aryl methyl sites for hydroxylation is 2. The van der Waals surface area contributed by atoms with Crippen LogP contribution in [0.25, 0.3) is 0 Å². The van der Waals surface area contributed by atoms with Gasteiger partial charge in [-0.3, -0.25) is 4.90 Å². The topological polar surface area (TPSA) is 38.5 Å². The molecule has 0 radical (unpaired) electrons. The zero-order valence-electron chi connectivity index (χ0n) is 10.2. The van der Waals surface area contributed by atoms with Gasteiger partial charge in [-0.25, -0.2) is 0 Å². The highest BCUT2D eigenvalue weighted by Crippen LogP contribution is 2.28. The first-order chi connectivity index (χ1) is 6.97. The van der Waals surface area contributed by atoms with Crippen LogP contribution in [0.3, 0.4) is 0 Å². The normalized spacial score (nSPS) is 13.0. The molecule has 1 atom stereocenters. The van der Waals surface area contributed by atoms with Gasteiger partial charge in [-0.2, -0.15) is 0 Å². The Morgan fingerprint density at radius 2 is 1.73 bits per heavy atom. The standard InChI is InChI=1S/C12H20N2O/c1-8-6-10(12(13)14(3)4)11(15-5)7-9(8)2/h6-7,12H,13H2,1-5H3. The van der Waals surface area contributed by atoms with Gasteiger partial charge in [-0.15, -0.1) is 0 Å². The third-order valence-corrected chi connectivity index (χ3v) is 2.72. The molecule has 0 spiro atoms. The van der Waals surface area contributed by atoms with E-state index in [4.69, 9.17) is 10.5 Å². The monoisotopic (exact) mass is 208 g/mol. The molecule has 84 valence electrons. The van der Waals surface area contributed by atoms with E-state index in [9.17, 15) is 0 Å². The molecule has 0 amide bonds. The number of methoxy groups -OCH3 is 1. The molecule has 0 fully saturated rings. The van der Waals surface area contributed by atoms with E-state index >= 15 is 0 Å². The Labute approximate surface area is 91.8 Å². The summed E-state index contributed by atoms with van der Waals surface area (Å²) in [6.07, 6.45) is -0.126. The SMILES string of the molecule is COc1cc(C)c(C)cc1C(N)N(C)C. The number of hydrogen-bond acceptors (Lipinski definition) is 3. The van der Waals surface area contributed by atoms with Crippen molar-refractivity contribution in [1.82, 2.24) is 4.90 Å². The summed E-state index contributed by atoms with van der Waals surface area (Å²) in [5, 5.41) is 0. The van der Waals surface area contributed by atoms with Crippen LogP contribution >= 0.6 is 0 Å². The Bertz CT molecular complexity index is 348. The predicted molar refractivity (Wildman–Crippen MR) is 63.1 cm³/mol. The molecule has 0 aliphatic rings. The number of nitrogens with two attached hydrogens (primary N) is 1. The summed E-state index contributed by atoms with van der Waals surface area (Å²) in [6, 6.07) is 4.13. The van der Waals surface area contributed by atoms with E-state index in [0.717, 1.165) is 11.3 Å². The molecule has 1 rings (SSSR count). The van der Waals surface area contributed by atoms with Gasteiger partial charge in [0.05, 0.1) is 13.3 Å². The Balaban J connectivity index is 3.21. The lowest BCUT2D eigenvalue weighted by atomic mass is 10.0. The van der Waals surface area contributed by atoms with Crippen molar-refractivity contribution in [2.75, 3.05) is 21.2 Å². The highest BCUT2D eigenvalue weighted by molar-refractivity contribution is 5.43. The maximum absolute atomic E-state index is 6.08. The van der Waals surface area contributed by atoms with Crippen LogP contribution in [0, 0.1) is 13.8 Å². The lowest BCUT2D eigenvalue weighted by Crippen LogP contribution is -2.28. The van der Waals surface area contributed by atoms with Crippen LogP contribution in [0.5, 0.6) is 5.75 Å². The molecule has 3 nitrogen and oxygen atoms in total. The van der Waals surface area contributed by atoms with E-state index in [0.29, 0.717) is 0 Å². The molecule has 0 aliphatic heterocycles. The quantitative estimate of drug-likeness (QED) is 0.770. The zero-order valence-corrected chi connectivity index (χ0v) is 10.2. The second-order valence-corrected chi connectivity index (χ2v) is 4.09. The second-order valence-electron chi connectivity index (χ2n) is 4.09. The van der Waals surface area contributed by atoms with Gasteiger partial charge in [-0.05, 0) is 51.2 Å². The number of nitrogens with zero attached hydrogens (tertiary/aromatic N) is 1. The molecular formula is C12H20N2O. The highest BCUT2D eigenvalue weighted by Gasteiger charge is 2.14. The Morgan fingerprint density at radius 3 is 2.20 bits per heavy atom. The molecule has 1 unspecified atom stereocenters. The van der Waals surface area contributed by atoms with Crippen molar-refractivity contribution in [2.24, 2.45) is 5.73 Å². The van der Waals surface area contributed by atoms with Crippen molar-refractivity contribution in [3.63, 3.8) is 0 Å². The van der Waals surface area contributed by atoms with E-state index in [1.807, 2.05) is 25.1 Å². The first-order valence-electron chi connectivity index (χ1n) is 5.04. The lowest BCUT2D eigenvalue weighted by Gasteiger charge is -2.23. The summed E-state index contributed by atoms with van der Waals surface area (Å²) in [7, 11) is 5.59. The Kier molecular flexibility index (Phi) is 3.72. The van der Waals surface area contributed by atoms with E-state index in [1.165, 1.54) is 11.1 Å². The Hall–Kier alpha value is -1.06. The van der Waals surface area contributed by atoms with Gasteiger partial charge in [-0.1, -0.05) is 0 Å². The minimum atomic E-state index is -0.126. The van der Waals surface area contributed by atoms with Crippen molar-refractivity contribution in [2.45, 2.75) is 20.0 Å². The predicted octanol–water partition coefficient (Wildman–Crippen LogP) is 1.83. The van der Waals surface area contributed by atoms with Crippen LogP contribution in [-0.4, -0.2) is 26.1 Å². The molecule has 0 aliphatic carbocycles. The molecule has 15 heavy (non-hydrogen) atoms. The van der Waals surface area contributed by atoms with Gasteiger partial charge < -0.3 is 10.5 Å². The van der Waals surface area contributed by atoms with Gasteiger partial charge in [0, 0.05) is 5.56 Å². The lowest BCUT2D eigenvalue weighted by molar-refractivity contribution is 0.295. The van der Waals surface area contributed by atoms with E-state index < -0.39 is 0 Å². The summed E-state index contributed by atoms with van der Waals surface area (Å²) in [5.41, 5.74) is 9.57. The minimum Gasteiger partial charge on any atom is -0.496 e. The van der Waals surface area contributed by atoms with Gasteiger partial charge in [0.1, 0.15) is 5.75 Å². The maximum Gasteiger partial charge on any atom is 0.125 e. The fraction of sp³-hybridized carbons (Fsp3) is 0.500. The van der Waals surface area contributed by atoms with Crippen LogP contribution < -0.4 is 10.5 Å². The fourth-order valence-corrected chi connectivity index (χ4v) is 1.50. The van der Waals surface area contributed by atoms with Crippen molar-refractivity contribution < 1.29 is 4.74 Å². The first-order valence-corrected chi connectivity index (χ1v) is 5.04. The minimum absolute atomic E-state index is 0.126. The molecular weight excluding hydrogens is 188 g/mol. The third-order valence-electron chi connectivity index (χ3n) is 2.72. The summed E-state index contributed by atoms with van der Waals surface area (Å²) < 4.78 is 5.35. The molecule has 0 bridgehead atoms. The van der Waals surface area contributed by atoms with Crippen LogP contribution in [0.2, 0.25) is 0 Å². The molecule has 0 aromatic heterocycles. The summed E-state index contributed by atoms with van der Waals surface area (Å²) >= 11 is 0. The van der Waals surface area contributed by atoms with Gasteiger partial charge in [0.15, 0.2) is 0 Å². The number of ether oxygens (including phenoxy) is 1. The summed E-state index contributed by atoms with van der Waals surface area (Å²) in [5.74, 6) is 0.860. The van der Waals surface area contributed by atoms with E-state index in [1.54, 1.807) is 7.11 Å². The van der Waals surface area contributed by atoms with Gasteiger partial charge in [0.25, 0.3) is 0 Å². The maximum atomic E-state index is 6.08. The highest BCUT2D eigenvalue weighted by atomic mass is 16.5. The van der Waals surface area contributed by atoms with Gasteiger partial charge >= 0.3 is 0 Å². The van der Waals surface area contributed by atoms with Crippen molar-refractivity contribution in [1.29, 1.82) is 0 Å². The zero-order chi connectivity index (χ0) is 11.6. The Morgan fingerprint density at radius 1 is 1.20 bits per heavy atom. The van der Waals surface area contributed by atoms with Crippen molar-refractivity contribution in [3.8, 4) is 5.75 Å². The van der Waals surface area contributed by atoms with E-state index in [-0.39, 0.29) is 6.17 Å². The molecule has 2 N–H and O–H groups in total. The average molecular weight is 208 g/mol. The fourth-order valence-electron chi connectivity index (χ4n) is 1.50. The number of hydrogen-bond donors (Lipinski definition) is 1. The van der Waals surface area contributed by atoms with Crippen LogP contribution in [0.4, 0.5) is 0 Å². The van der Waals surface area contributed by atoms with Crippen molar-refractivity contribution >= 4 is 0 Å². The molecule has 3 heteroatoms. The second kappa shape index (κ2) is 4.64. The first kappa shape index (κ1) is 12.0. The van der Waals surface area contributed by atoms with Crippen LogP contribution in [0.1, 0.15) is 22.9 Å². The average Bonchev–Trinajstić information content (AvgIpc) is 2.20. The van der Waals surface area contributed by atoms with Crippen molar-refractivity contribution in [3.05, 3.63) is 28.8 Å². The molecule has 0 saturated heterocycles. The molecule has 0 saturated carbocycles. The number of rotatable bonds is 3. The number of benzene rings is 1. The van der Waals surface area contributed by atoms with Crippen LogP contribution in [-0.2, 0) is 0 Å². The molecule has 1 aromatic carbocycles. The van der Waals surface area contributed by atoms with Crippen LogP contribution in [0.15, 0.2) is 12.1 Å². The third kappa shape index (κ3) is 2.49. The van der Waals surface area contributed by atoms with E-state index in [2.05, 4.69) is 19.9 Å². The summed E-state index contributed by atoms with van der Waals surface area (Å²) in [6.45, 7) is 4.16. The largest absolute Gasteiger partial charge is 0.496 e. The summed E-state index contributed by atoms with van der Waals surface area (Å²) in [4.78, 5) is 1.96. The van der Waals surface area contributed by atoms with Gasteiger partial charge in [0.2, 0.25) is 0 Å².